The lowest BCUT2D eigenvalue weighted by Gasteiger charge is -2.51. The van der Waals surface area contributed by atoms with E-state index in [0.717, 1.165) is 12.1 Å². The van der Waals surface area contributed by atoms with E-state index in [-0.39, 0.29) is 30.3 Å². The van der Waals surface area contributed by atoms with Gasteiger partial charge in [-0.3, -0.25) is 4.79 Å². The summed E-state index contributed by atoms with van der Waals surface area (Å²) in [6.07, 6.45) is -0.926. The molecule has 134 valence electrons. The lowest BCUT2D eigenvalue weighted by atomic mass is 9.71. The first-order valence-corrected chi connectivity index (χ1v) is 7.70. The fraction of sp³-hybridized carbons (Fsp3) is 0.412. The van der Waals surface area contributed by atoms with E-state index in [1.165, 1.54) is 25.1 Å². The van der Waals surface area contributed by atoms with Crippen LogP contribution >= 0.6 is 0 Å². The van der Waals surface area contributed by atoms with Gasteiger partial charge in [-0.05, 0) is 12.5 Å². The molecule has 0 aliphatic carbocycles. The van der Waals surface area contributed by atoms with Crippen molar-refractivity contribution in [3.8, 4) is 0 Å². The second kappa shape index (κ2) is 6.11. The molecule has 3 rings (SSSR count). The van der Waals surface area contributed by atoms with Crippen LogP contribution in [0.4, 0.5) is 8.78 Å². The van der Waals surface area contributed by atoms with Crippen molar-refractivity contribution in [2.45, 2.75) is 18.1 Å². The minimum atomic E-state index is -1.27. The highest BCUT2D eigenvalue weighted by molar-refractivity contribution is 5.85. The van der Waals surface area contributed by atoms with Crippen LogP contribution < -0.4 is 5.32 Å². The molecular weight excluding hydrogens is 334 g/mol. The molecule has 1 N–H and O–H groups in total. The predicted molar refractivity (Wildman–Crippen MR) is 82.9 cm³/mol. The molecular formula is C17H18F2N2O4. The third-order valence-electron chi connectivity index (χ3n) is 4.83. The molecule has 0 spiro atoms. The molecule has 1 aromatic rings. The summed E-state index contributed by atoms with van der Waals surface area (Å²) in [5.74, 6) is -3.00. The number of rotatable bonds is 2. The van der Waals surface area contributed by atoms with Gasteiger partial charge >= 0.3 is 5.97 Å². The summed E-state index contributed by atoms with van der Waals surface area (Å²) >= 11 is 0. The number of benzene rings is 1. The summed E-state index contributed by atoms with van der Waals surface area (Å²) in [6.45, 7) is 3.61. The molecule has 0 bridgehead atoms. The van der Waals surface area contributed by atoms with E-state index in [1.807, 2.05) is 0 Å². The van der Waals surface area contributed by atoms with E-state index < -0.39 is 35.2 Å². The Morgan fingerprint density at radius 3 is 2.84 bits per heavy atom. The number of hydrogen-bond acceptors (Lipinski definition) is 5. The van der Waals surface area contributed by atoms with Crippen molar-refractivity contribution in [1.82, 2.24) is 10.2 Å². The van der Waals surface area contributed by atoms with Crippen LogP contribution in [-0.2, 0) is 24.6 Å². The smallest absolute Gasteiger partial charge is 0.334 e. The minimum Gasteiger partial charge on any atom is -0.467 e. The zero-order chi connectivity index (χ0) is 18.4. The molecule has 6 nitrogen and oxygen atoms in total. The molecule has 2 heterocycles. The molecule has 2 fully saturated rings. The lowest BCUT2D eigenvalue weighted by molar-refractivity contribution is -0.172. The van der Waals surface area contributed by atoms with Crippen molar-refractivity contribution < 1.29 is 27.8 Å². The third kappa shape index (κ3) is 2.66. The van der Waals surface area contributed by atoms with E-state index in [1.54, 1.807) is 0 Å². The van der Waals surface area contributed by atoms with Gasteiger partial charge in [0, 0.05) is 18.7 Å². The zero-order valence-electron chi connectivity index (χ0n) is 13.8. The molecule has 2 aliphatic heterocycles. The Morgan fingerprint density at radius 2 is 2.20 bits per heavy atom. The number of hydrogen-bond donors (Lipinski definition) is 1. The first-order chi connectivity index (χ1) is 11.8. The molecule has 8 heteroatoms. The summed E-state index contributed by atoms with van der Waals surface area (Å²) in [6, 6.07) is 3.14. The lowest BCUT2D eigenvalue weighted by Crippen LogP contribution is -2.66. The largest absolute Gasteiger partial charge is 0.467 e. The minimum absolute atomic E-state index is 0.00689. The number of carbonyl (C=O) groups is 2. The predicted octanol–water partition coefficient (Wildman–Crippen LogP) is 1.27. The van der Waals surface area contributed by atoms with Crippen LogP contribution in [-0.4, -0.2) is 43.6 Å². The number of amides is 1. The number of nitrogens with one attached hydrogen (secondary N) is 1. The van der Waals surface area contributed by atoms with E-state index in [0.29, 0.717) is 0 Å². The number of nitrogens with zero attached hydrogens (tertiary/aromatic N) is 1. The summed E-state index contributed by atoms with van der Waals surface area (Å²) in [5.41, 5.74) is -1.19. The highest BCUT2D eigenvalue weighted by atomic mass is 19.1. The van der Waals surface area contributed by atoms with Crippen LogP contribution in [0.1, 0.15) is 12.0 Å². The summed E-state index contributed by atoms with van der Waals surface area (Å²) in [7, 11) is 2.76. The van der Waals surface area contributed by atoms with Crippen molar-refractivity contribution >= 4 is 11.9 Å². The Kier molecular flexibility index (Phi) is 4.24. The van der Waals surface area contributed by atoms with Crippen LogP contribution in [0.3, 0.4) is 0 Å². The maximum absolute atomic E-state index is 14.5. The monoisotopic (exact) mass is 352 g/mol. The quantitative estimate of drug-likeness (QED) is 0.812. The first kappa shape index (κ1) is 17.3. The standard InChI is InChI=1S/C17H18F2N2O4/c1-9-20-17(11-5-4-10(18)6-13(11)19)8-25-14(16(23)24-3)7-12(17)15(22)21(9)2/h4-6,12,14,20H,1,7-8H2,2-3H3/t12-,14+,17+/m0/s1. The molecule has 1 aromatic carbocycles. The average molecular weight is 352 g/mol. The number of fused-ring (bicyclic) bond motifs is 1. The molecule has 0 unspecified atom stereocenters. The Labute approximate surface area is 143 Å². The summed E-state index contributed by atoms with van der Waals surface area (Å²) in [5, 5.41) is 3.04. The molecule has 1 amide bonds. The van der Waals surface area contributed by atoms with Gasteiger partial charge in [-0.1, -0.05) is 12.6 Å². The SMILES string of the molecule is C=C1N[C@@]2(c3ccc(F)cc3F)CO[C@@H](C(=O)OC)C[C@H]2C(=O)N1C. The normalized spacial score (nSPS) is 29.0. The van der Waals surface area contributed by atoms with Crippen LogP contribution in [0.25, 0.3) is 0 Å². The molecule has 3 atom stereocenters. The van der Waals surface area contributed by atoms with Crippen molar-refractivity contribution in [2.75, 3.05) is 20.8 Å². The number of carbonyl (C=O) groups excluding carboxylic acids is 2. The molecule has 2 saturated heterocycles. The number of ether oxygens (including phenoxy) is 2. The van der Waals surface area contributed by atoms with Crippen molar-refractivity contribution in [3.05, 3.63) is 47.8 Å². The first-order valence-electron chi connectivity index (χ1n) is 7.70. The van der Waals surface area contributed by atoms with Gasteiger partial charge in [0.1, 0.15) is 23.0 Å². The number of methoxy groups -OCH3 is 1. The molecule has 0 saturated carbocycles. The van der Waals surface area contributed by atoms with Crippen LogP contribution in [0, 0.1) is 17.6 Å². The summed E-state index contributed by atoms with van der Waals surface area (Å²) < 4.78 is 38.1. The second-order valence-electron chi connectivity index (χ2n) is 6.18. The number of halogens is 2. The van der Waals surface area contributed by atoms with Gasteiger partial charge in [0.05, 0.1) is 19.6 Å². The Hall–Kier alpha value is -2.48. The van der Waals surface area contributed by atoms with Crippen LogP contribution in [0.2, 0.25) is 0 Å². The zero-order valence-corrected chi connectivity index (χ0v) is 13.8. The molecule has 2 aliphatic rings. The molecule has 25 heavy (non-hydrogen) atoms. The fourth-order valence-corrected chi connectivity index (χ4v) is 3.44. The van der Waals surface area contributed by atoms with E-state index in [9.17, 15) is 18.4 Å². The van der Waals surface area contributed by atoms with Gasteiger partial charge in [0.25, 0.3) is 0 Å². The van der Waals surface area contributed by atoms with Gasteiger partial charge in [-0.25, -0.2) is 13.6 Å². The maximum Gasteiger partial charge on any atom is 0.334 e. The fourth-order valence-electron chi connectivity index (χ4n) is 3.44. The average Bonchev–Trinajstić information content (AvgIpc) is 2.58. The third-order valence-corrected chi connectivity index (χ3v) is 4.83. The van der Waals surface area contributed by atoms with Crippen molar-refractivity contribution in [2.24, 2.45) is 5.92 Å². The highest BCUT2D eigenvalue weighted by Gasteiger charge is 2.55. The van der Waals surface area contributed by atoms with Gasteiger partial charge in [-0.15, -0.1) is 0 Å². The van der Waals surface area contributed by atoms with Crippen molar-refractivity contribution in [3.63, 3.8) is 0 Å². The van der Waals surface area contributed by atoms with Crippen molar-refractivity contribution in [1.29, 1.82) is 0 Å². The second-order valence-corrected chi connectivity index (χ2v) is 6.18. The Balaban J connectivity index is 2.08. The van der Waals surface area contributed by atoms with Gasteiger partial charge in [-0.2, -0.15) is 0 Å². The van der Waals surface area contributed by atoms with Gasteiger partial charge < -0.3 is 19.7 Å². The highest BCUT2D eigenvalue weighted by Crippen LogP contribution is 2.43. The Bertz CT molecular complexity index is 754. The summed E-state index contributed by atoms with van der Waals surface area (Å²) in [4.78, 5) is 25.9. The van der Waals surface area contributed by atoms with Crippen LogP contribution in [0.15, 0.2) is 30.6 Å². The van der Waals surface area contributed by atoms with E-state index in [2.05, 4.69) is 16.6 Å². The van der Waals surface area contributed by atoms with E-state index in [4.69, 9.17) is 4.74 Å². The van der Waals surface area contributed by atoms with Crippen LogP contribution in [0.5, 0.6) is 0 Å². The Morgan fingerprint density at radius 1 is 1.48 bits per heavy atom. The van der Waals surface area contributed by atoms with Gasteiger partial charge in [0.15, 0.2) is 6.10 Å². The van der Waals surface area contributed by atoms with E-state index >= 15 is 0 Å². The molecule has 0 aromatic heterocycles. The van der Waals surface area contributed by atoms with Gasteiger partial charge in [0.2, 0.25) is 5.91 Å². The topological polar surface area (TPSA) is 67.9 Å². The number of esters is 1. The molecule has 0 radical (unpaired) electrons. The maximum atomic E-state index is 14.5.